The van der Waals surface area contributed by atoms with Gasteiger partial charge in [0.1, 0.15) is 4.88 Å². The molecular weight excluding hydrogens is 310 g/mol. The maximum atomic E-state index is 13.2. The largest absolute Gasteiger partial charge is 0.465 e. The van der Waals surface area contributed by atoms with Crippen molar-refractivity contribution in [2.24, 2.45) is 11.8 Å². The van der Waals surface area contributed by atoms with E-state index in [1.165, 1.54) is 18.4 Å². The highest BCUT2D eigenvalue weighted by molar-refractivity contribution is 7.12. The quantitative estimate of drug-likeness (QED) is 0.773. The Morgan fingerprint density at radius 3 is 2.43 bits per heavy atom. The van der Waals surface area contributed by atoms with Crippen LogP contribution < -0.4 is 4.90 Å². The Balaban J connectivity index is 1.85. The number of anilines is 1. The van der Waals surface area contributed by atoms with Gasteiger partial charge < -0.3 is 9.64 Å². The van der Waals surface area contributed by atoms with Crippen LogP contribution in [0.4, 0.5) is 5.69 Å². The average molecular weight is 335 g/mol. The number of esters is 1. The standard InChI is InChI=1S/C18H25NO3S/c1-12-6-8-13(9-7-12)17(20)19(14-4-3-5-14)15-10-11-23-16(15)18(21)22-2/h10-14H,3-9H2,1-2H3. The Kier molecular flexibility index (Phi) is 5.05. The zero-order valence-corrected chi connectivity index (χ0v) is 14.7. The molecule has 0 unspecified atom stereocenters. The average Bonchev–Trinajstić information content (AvgIpc) is 2.99. The van der Waals surface area contributed by atoms with Crippen LogP contribution in [0.5, 0.6) is 0 Å². The second-order valence-corrected chi connectivity index (χ2v) is 7.79. The maximum absolute atomic E-state index is 13.2. The van der Waals surface area contributed by atoms with Crippen molar-refractivity contribution in [3.8, 4) is 0 Å². The number of amides is 1. The van der Waals surface area contributed by atoms with E-state index in [2.05, 4.69) is 6.92 Å². The summed E-state index contributed by atoms with van der Waals surface area (Å²) in [5.74, 6) is 0.703. The van der Waals surface area contributed by atoms with Crippen LogP contribution in [-0.4, -0.2) is 25.0 Å². The highest BCUT2D eigenvalue weighted by Gasteiger charge is 2.37. The topological polar surface area (TPSA) is 46.6 Å². The molecule has 2 aliphatic carbocycles. The number of carbonyl (C=O) groups excluding carboxylic acids is 2. The molecule has 0 atom stereocenters. The number of hydrogen-bond acceptors (Lipinski definition) is 4. The fraction of sp³-hybridized carbons (Fsp3) is 0.667. The zero-order valence-electron chi connectivity index (χ0n) is 13.9. The van der Waals surface area contributed by atoms with E-state index in [9.17, 15) is 9.59 Å². The van der Waals surface area contributed by atoms with Crippen LogP contribution in [0.3, 0.4) is 0 Å². The summed E-state index contributed by atoms with van der Waals surface area (Å²) in [4.78, 5) is 27.7. The second-order valence-electron chi connectivity index (χ2n) is 6.88. The smallest absolute Gasteiger partial charge is 0.350 e. The minimum atomic E-state index is -0.343. The van der Waals surface area contributed by atoms with E-state index in [1.54, 1.807) is 0 Å². The van der Waals surface area contributed by atoms with Crippen molar-refractivity contribution in [2.75, 3.05) is 12.0 Å². The van der Waals surface area contributed by atoms with Gasteiger partial charge in [0.2, 0.25) is 5.91 Å². The predicted octanol–water partition coefficient (Wildman–Crippen LogP) is 4.25. The molecule has 1 heterocycles. The minimum absolute atomic E-state index is 0.109. The lowest BCUT2D eigenvalue weighted by molar-refractivity contribution is -0.124. The van der Waals surface area contributed by atoms with Gasteiger partial charge in [-0.25, -0.2) is 4.79 Å². The SMILES string of the molecule is COC(=O)c1sccc1N(C(=O)C1CCC(C)CC1)C1CCC1. The number of thiophene rings is 1. The Bertz CT molecular complexity index is 571. The van der Waals surface area contributed by atoms with Crippen molar-refractivity contribution in [1.82, 2.24) is 0 Å². The highest BCUT2D eigenvalue weighted by atomic mass is 32.1. The van der Waals surface area contributed by atoms with Crippen molar-refractivity contribution in [2.45, 2.75) is 57.9 Å². The molecule has 0 aliphatic heterocycles. The molecule has 23 heavy (non-hydrogen) atoms. The first-order valence-corrected chi connectivity index (χ1v) is 9.48. The van der Waals surface area contributed by atoms with Crippen LogP contribution in [0.25, 0.3) is 0 Å². The summed E-state index contributed by atoms with van der Waals surface area (Å²) in [6.07, 6.45) is 7.43. The van der Waals surface area contributed by atoms with Gasteiger partial charge in [0.05, 0.1) is 12.8 Å². The number of ether oxygens (including phenoxy) is 1. The van der Waals surface area contributed by atoms with Crippen LogP contribution in [0.1, 0.15) is 61.5 Å². The Labute approximate surface area is 141 Å². The second kappa shape index (κ2) is 7.04. The molecule has 0 aromatic carbocycles. The third-order valence-electron chi connectivity index (χ3n) is 5.32. The van der Waals surface area contributed by atoms with Gasteiger partial charge in [-0.15, -0.1) is 11.3 Å². The molecule has 2 saturated carbocycles. The number of carbonyl (C=O) groups is 2. The Hall–Kier alpha value is -1.36. The molecule has 0 saturated heterocycles. The van der Waals surface area contributed by atoms with Crippen molar-refractivity contribution >= 4 is 28.9 Å². The van der Waals surface area contributed by atoms with Gasteiger partial charge >= 0.3 is 5.97 Å². The summed E-state index contributed by atoms with van der Waals surface area (Å²) in [6.45, 7) is 2.26. The maximum Gasteiger partial charge on any atom is 0.350 e. The van der Waals surface area contributed by atoms with E-state index in [-0.39, 0.29) is 23.8 Å². The van der Waals surface area contributed by atoms with Gasteiger partial charge in [-0.1, -0.05) is 6.92 Å². The lowest BCUT2D eigenvalue weighted by atomic mass is 9.81. The summed E-state index contributed by atoms with van der Waals surface area (Å²) in [5.41, 5.74) is 0.759. The molecule has 3 rings (SSSR count). The van der Waals surface area contributed by atoms with Gasteiger partial charge in [-0.3, -0.25) is 4.79 Å². The van der Waals surface area contributed by atoms with Gasteiger partial charge in [0.15, 0.2) is 0 Å². The third-order valence-corrected chi connectivity index (χ3v) is 6.20. The van der Waals surface area contributed by atoms with E-state index >= 15 is 0 Å². The molecular formula is C18H25NO3S. The molecule has 126 valence electrons. The molecule has 1 aromatic rings. The van der Waals surface area contributed by atoms with Crippen LogP contribution >= 0.6 is 11.3 Å². The first kappa shape index (κ1) is 16.5. The molecule has 1 amide bonds. The summed E-state index contributed by atoms with van der Waals surface area (Å²) in [5, 5.41) is 1.88. The van der Waals surface area contributed by atoms with Crippen LogP contribution in [-0.2, 0) is 9.53 Å². The number of methoxy groups -OCH3 is 1. The first-order chi connectivity index (χ1) is 11.1. The summed E-state index contributed by atoms with van der Waals surface area (Å²) in [6, 6.07) is 2.15. The minimum Gasteiger partial charge on any atom is -0.465 e. The summed E-state index contributed by atoms with van der Waals surface area (Å²) in [7, 11) is 1.39. The summed E-state index contributed by atoms with van der Waals surface area (Å²) < 4.78 is 4.89. The molecule has 0 spiro atoms. The van der Waals surface area contributed by atoms with E-state index < -0.39 is 0 Å². The van der Waals surface area contributed by atoms with Crippen molar-refractivity contribution in [3.05, 3.63) is 16.3 Å². The fourth-order valence-electron chi connectivity index (χ4n) is 3.58. The Morgan fingerprint density at radius 1 is 1.17 bits per heavy atom. The van der Waals surface area contributed by atoms with Crippen LogP contribution in [0.2, 0.25) is 0 Å². The van der Waals surface area contributed by atoms with E-state index in [1.807, 2.05) is 16.3 Å². The van der Waals surface area contributed by atoms with E-state index in [4.69, 9.17) is 4.74 Å². The third kappa shape index (κ3) is 3.30. The van der Waals surface area contributed by atoms with Crippen molar-refractivity contribution in [1.29, 1.82) is 0 Å². The number of rotatable bonds is 4. The van der Waals surface area contributed by atoms with Gasteiger partial charge in [0, 0.05) is 12.0 Å². The number of nitrogens with zero attached hydrogens (tertiary/aromatic N) is 1. The highest BCUT2D eigenvalue weighted by Crippen LogP contribution is 2.38. The molecule has 0 radical (unpaired) electrons. The molecule has 0 N–H and O–H groups in total. The molecule has 2 aliphatic rings. The number of hydrogen-bond donors (Lipinski definition) is 0. The van der Waals surface area contributed by atoms with E-state index in [0.717, 1.165) is 56.6 Å². The molecule has 4 nitrogen and oxygen atoms in total. The fourth-order valence-corrected chi connectivity index (χ4v) is 4.38. The Morgan fingerprint density at radius 2 is 1.87 bits per heavy atom. The first-order valence-electron chi connectivity index (χ1n) is 8.60. The van der Waals surface area contributed by atoms with E-state index in [0.29, 0.717) is 4.88 Å². The summed E-state index contributed by atoms with van der Waals surface area (Å²) >= 11 is 1.36. The molecule has 2 fully saturated rings. The van der Waals surface area contributed by atoms with Gasteiger partial charge in [-0.05, 0) is 62.3 Å². The van der Waals surface area contributed by atoms with Crippen LogP contribution in [0.15, 0.2) is 11.4 Å². The van der Waals surface area contributed by atoms with Crippen molar-refractivity contribution in [3.63, 3.8) is 0 Å². The van der Waals surface area contributed by atoms with Crippen molar-refractivity contribution < 1.29 is 14.3 Å². The molecule has 0 bridgehead atoms. The van der Waals surface area contributed by atoms with Gasteiger partial charge in [0.25, 0.3) is 0 Å². The predicted molar refractivity (Wildman–Crippen MR) is 91.9 cm³/mol. The monoisotopic (exact) mass is 335 g/mol. The molecule has 5 heteroatoms. The normalized spacial score (nSPS) is 24.8. The lowest BCUT2D eigenvalue weighted by Gasteiger charge is -2.40. The lowest BCUT2D eigenvalue weighted by Crippen LogP contribution is -2.48. The van der Waals surface area contributed by atoms with Gasteiger partial charge in [-0.2, -0.15) is 0 Å². The molecule has 1 aromatic heterocycles. The zero-order chi connectivity index (χ0) is 16.4. The van der Waals surface area contributed by atoms with Crippen LogP contribution in [0, 0.1) is 11.8 Å².